The van der Waals surface area contributed by atoms with Crippen molar-refractivity contribution in [2.45, 2.75) is 11.4 Å². The van der Waals surface area contributed by atoms with Crippen molar-refractivity contribution >= 4 is 21.6 Å². The predicted molar refractivity (Wildman–Crippen MR) is 112 cm³/mol. The van der Waals surface area contributed by atoms with Crippen LogP contribution in [-0.4, -0.2) is 33.4 Å². The summed E-state index contributed by atoms with van der Waals surface area (Å²) in [5, 5.41) is 0. The quantitative estimate of drug-likeness (QED) is 0.643. The minimum atomic E-state index is -3.73. The Morgan fingerprint density at radius 3 is 2.21 bits per heavy atom. The fourth-order valence-electron chi connectivity index (χ4n) is 2.88. The number of ether oxygens (including phenoxy) is 1. The first-order chi connectivity index (χ1) is 13.9. The van der Waals surface area contributed by atoms with Gasteiger partial charge in [0.1, 0.15) is 5.75 Å². The lowest BCUT2D eigenvalue weighted by Crippen LogP contribution is -2.26. The zero-order valence-corrected chi connectivity index (χ0v) is 17.0. The van der Waals surface area contributed by atoms with Gasteiger partial charge in [0.2, 0.25) is 0 Å². The summed E-state index contributed by atoms with van der Waals surface area (Å²) in [4.78, 5) is 14.4. The van der Waals surface area contributed by atoms with E-state index in [1.165, 1.54) is 24.3 Å². The Hall–Kier alpha value is -3.32. The summed E-state index contributed by atoms with van der Waals surface area (Å²) in [6.07, 6.45) is 0. The highest BCUT2D eigenvalue weighted by Gasteiger charge is 2.17. The van der Waals surface area contributed by atoms with Crippen LogP contribution in [-0.2, 0) is 16.6 Å². The Labute approximate surface area is 170 Å². The molecule has 1 amide bonds. The van der Waals surface area contributed by atoms with Gasteiger partial charge >= 0.3 is 0 Å². The molecule has 7 heteroatoms. The number of amides is 1. The molecule has 6 nitrogen and oxygen atoms in total. The van der Waals surface area contributed by atoms with E-state index in [1.54, 1.807) is 49.4 Å². The number of methoxy groups -OCH3 is 1. The third kappa shape index (κ3) is 4.94. The Balaban J connectivity index is 1.72. The fraction of sp³-hybridized carbons (Fsp3) is 0.136. The van der Waals surface area contributed by atoms with Gasteiger partial charge < -0.3 is 9.64 Å². The van der Waals surface area contributed by atoms with E-state index in [0.717, 1.165) is 5.56 Å². The van der Waals surface area contributed by atoms with Crippen LogP contribution >= 0.6 is 0 Å². The molecule has 0 unspecified atom stereocenters. The van der Waals surface area contributed by atoms with Crippen LogP contribution in [0.3, 0.4) is 0 Å². The van der Waals surface area contributed by atoms with Gasteiger partial charge in [-0.25, -0.2) is 8.42 Å². The van der Waals surface area contributed by atoms with Crippen molar-refractivity contribution < 1.29 is 17.9 Å². The molecule has 29 heavy (non-hydrogen) atoms. The molecule has 0 spiro atoms. The third-order valence-electron chi connectivity index (χ3n) is 4.38. The molecule has 0 radical (unpaired) electrons. The Morgan fingerprint density at radius 2 is 1.55 bits per heavy atom. The summed E-state index contributed by atoms with van der Waals surface area (Å²) < 4.78 is 32.9. The van der Waals surface area contributed by atoms with Gasteiger partial charge in [-0.2, -0.15) is 0 Å². The maximum Gasteiger partial charge on any atom is 0.261 e. The number of rotatable bonds is 7. The van der Waals surface area contributed by atoms with Crippen molar-refractivity contribution in [2.75, 3.05) is 18.9 Å². The number of nitrogens with one attached hydrogen (secondary N) is 1. The normalized spacial score (nSPS) is 11.0. The zero-order valence-electron chi connectivity index (χ0n) is 16.2. The lowest BCUT2D eigenvalue weighted by molar-refractivity contribution is 0.0784. The predicted octanol–water partition coefficient (Wildman–Crippen LogP) is 3.77. The first kappa shape index (κ1) is 20.4. The number of hydrogen-bond acceptors (Lipinski definition) is 4. The van der Waals surface area contributed by atoms with Gasteiger partial charge in [-0.05, 0) is 42.5 Å². The third-order valence-corrected chi connectivity index (χ3v) is 5.78. The molecule has 3 aromatic carbocycles. The highest BCUT2D eigenvalue weighted by molar-refractivity contribution is 7.92. The Morgan fingerprint density at radius 1 is 0.931 bits per heavy atom. The molecule has 0 aliphatic heterocycles. The van der Waals surface area contributed by atoms with E-state index in [4.69, 9.17) is 4.74 Å². The summed E-state index contributed by atoms with van der Waals surface area (Å²) >= 11 is 0. The number of hydrogen-bond donors (Lipinski definition) is 1. The Kier molecular flexibility index (Phi) is 6.19. The minimum Gasteiger partial charge on any atom is -0.496 e. The second-order valence-electron chi connectivity index (χ2n) is 6.47. The molecular formula is C22H22N2O4S. The SMILES string of the molecule is COc1ccccc1CN(C)C(=O)c1ccc(S(=O)(=O)Nc2ccccc2)cc1. The first-order valence-corrected chi connectivity index (χ1v) is 10.4. The van der Waals surface area contributed by atoms with Crippen LogP contribution in [0.5, 0.6) is 5.75 Å². The molecule has 0 heterocycles. The molecule has 0 saturated carbocycles. The van der Waals surface area contributed by atoms with E-state index < -0.39 is 10.0 Å². The minimum absolute atomic E-state index is 0.0882. The molecule has 0 bridgehead atoms. The van der Waals surface area contributed by atoms with E-state index in [0.29, 0.717) is 23.5 Å². The highest BCUT2D eigenvalue weighted by Crippen LogP contribution is 2.20. The maximum atomic E-state index is 12.7. The molecule has 0 atom stereocenters. The van der Waals surface area contributed by atoms with Gasteiger partial charge in [0.25, 0.3) is 15.9 Å². The fourth-order valence-corrected chi connectivity index (χ4v) is 3.94. The van der Waals surface area contributed by atoms with Gasteiger partial charge in [0, 0.05) is 30.4 Å². The number of sulfonamides is 1. The standard InChI is InChI=1S/C22H22N2O4S/c1-24(16-18-8-6-7-11-21(18)28-2)22(25)17-12-14-20(15-13-17)29(26,27)23-19-9-4-3-5-10-19/h3-15,23H,16H2,1-2H3. The number of nitrogens with zero attached hydrogens (tertiary/aromatic N) is 1. The van der Waals surface area contributed by atoms with Crippen molar-refractivity contribution in [2.24, 2.45) is 0 Å². The van der Waals surface area contributed by atoms with Crippen molar-refractivity contribution in [1.82, 2.24) is 4.90 Å². The second-order valence-corrected chi connectivity index (χ2v) is 8.15. The molecule has 3 aromatic rings. The van der Waals surface area contributed by atoms with E-state index in [1.807, 2.05) is 24.3 Å². The van der Waals surface area contributed by atoms with Crippen molar-refractivity contribution in [3.05, 3.63) is 90.0 Å². The molecule has 3 rings (SSSR count). The van der Waals surface area contributed by atoms with E-state index in [2.05, 4.69) is 4.72 Å². The molecule has 0 aromatic heterocycles. The number of para-hydroxylation sites is 2. The van der Waals surface area contributed by atoms with Gasteiger partial charge in [0.15, 0.2) is 0 Å². The van der Waals surface area contributed by atoms with Crippen LogP contribution < -0.4 is 9.46 Å². The van der Waals surface area contributed by atoms with Crippen LogP contribution in [0.15, 0.2) is 83.8 Å². The average Bonchev–Trinajstić information content (AvgIpc) is 2.74. The second kappa shape index (κ2) is 8.79. The van der Waals surface area contributed by atoms with Crippen LogP contribution in [0, 0.1) is 0 Å². The lowest BCUT2D eigenvalue weighted by atomic mass is 10.1. The van der Waals surface area contributed by atoms with Crippen LogP contribution in [0.2, 0.25) is 0 Å². The molecule has 150 valence electrons. The summed E-state index contributed by atoms with van der Waals surface area (Å²) in [5.41, 5.74) is 1.77. The van der Waals surface area contributed by atoms with E-state index in [-0.39, 0.29) is 10.8 Å². The van der Waals surface area contributed by atoms with Gasteiger partial charge in [0.05, 0.1) is 12.0 Å². The smallest absolute Gasteiger partial charge is 0.261 e. The van der Waals surface area contributed by atoms with Crippen molar-refractivity contribution in [3.8, 4) is 5.75 Å². The summed E-state index contributed by atoms with van der Waals surface area (Å²) in [7, 11) is -0.448. The molecule has 1 N–H and O–H groups in total. The van der Waals surface area contributed by atoms with E-state index >= 15 is 0 Å². The molecule has 0 fully saturated rings. The molecular weight excluding hydrogens is 388 g/mol. The monoisotopic (exact) mass is 410 g/mol. The molecule has 0 aliphatic carbocycles. The summed E-state index contributed by atoms with van der Waals surface area (Å²) in [6.45, 7) is 0.373. The van der Waals surface area contributed by atoms with E-state index in [9.17, 15) is 13.2 Å². The van der Waals surface area contributed by atoms with Crippen molar-refractivity contribution in [1.29, 1.82) is 0 Å². The van der Waals surface area contributed by atoms with Gasteiger partial charge in [-0.3, -0.25) is 9.52 Å². The summed E-state index contributed by atoms with van der Waals surface area (Å²) in [6, 6.07) is 22.0. The zero-order chi connectivity index (χ0) is 20.9. The number of anilines is 1. The number of benzene rings is 3. The van der Waals surface area contributed by atoms with Crippen LogP contribution in [0.4, 0.5) is 5.69 Å². The largest absolute Gasteiger partial charge is 0.496 e. The lowest BCUT2D eigenvalue weighted by Gasteiger charge is -2.19. The van der Waals surface area contributed by atoms with Crippen LogP contribution in [0.1, 0.15) is 15.9 Å². The maximum absolute atomic E-state index is 12.7. The van der Waals surface area contributed by atoms with Crippen molar-refractivity contribution in [3.63, 3.8) is 0 Å². The Bertz CT molecular complexity index is 1080. The number of carbonyl (C=O) groups is 1. The summed E-state index contributed by atoms with van der Waals surface area (Å²) in [5.74, 6) is 0.497. The topological polar surface area (TPSA) is 75.7 Å². The number of carbonyl (C=O) groups excluding carboxylic acids is 1. The molecule has 0 aliphatic rings. The van der Waals surface area contributed by atoms with Crippen LogP contribution in [0.25, 0.3) is 0 Å². The average molecular weight is 410 g/mol. The first-order valence-electron chi connectivity index (χ1n) is 8.96. The van der Waals surface area contributed by atoms with Gasteiger partial charge in [-0.15, -0.1) is 0 Å². The van der Waals surface area contributed by atoms with Gasteiger partial charge in [-0.1, -0.05) is 36.4 Å². The molecule has 0 saturated heterocycles. The highest BCUT2D eigenvalue weighted by atomic mass is 32.2.